The van der Waals surface area contributed by atoms with Crippen LogP contribution in [-0.2, 0) is 25.5 Å². The molecule has 294 valence electrons. The number of aromatic amines is 2. The number of aryl methyl sites for hydroxylation is 1. The van der Waals surface area contributed by atoms with Gasteiger partial charge in [-0.3, -0.25) is 9.59 Å². The molecule has 2 unspecified atom stereocenters. The number of nitrogens with zero attached hydrogens (tertiary/aromatic N) is 4. The number of carbonyl (C=O) groups is 4. The topological polar surface area (TPSA) is 196 Å². The third kappa shape index (κ3) is 9.62. The molecule has 4 amide bonds. The lowest BCUT2D eigenvalue weighted by Gasteiger charge is -2.28. The summed E-state index contributed by atoms with van der Waals surface area (Å²) in [6.45, 7) is 0.997. The predicted molar refractivity (Wildman–Crippen MR) is 210 cm³/mol. The molecule has 1 aliphatic heterocycles. The Balaban J connectivity index is 0.00000153. The van der Waals surface area contributed by atoms with E-state index < -0.39 is 18.2 Å². The fourth-order valence-corrected chi connectivity index (χ4v) is 6.89. The number of imidazole rings is 2. The zero-order valence-electron chi connectivity index (χ0n) is 31.9. The van der Waals surface area contributed by atoms with Crippen molar-refractivity contribution in [2.24, 2.45) is 5.92 Å². The minimum atomic E-state index is -0.638. The lowest BCUT2D eigenvalue weighted by Crippen LogP contribution is -2.49. The van der Waals surface area contributed by atoms with Gasteiger partial charge in [-0.1, -0.05) is 43.5 Å². The Morgan fingerprint density at radius 1 is 0.821 bits per heavy atom. The number of likely N-dealkylation sites (tertiary alicyclic amines) is 1. The van der Waals surface area contributed by atoms with E-state index in [9.17, 15) is 19.2 Å². The SMILES string of the molecule is C1CC1.COC(=O)NCC(=O)NCCCCc1ncc(-c2ccc3cc(-c4cnc5nc(C6CCCN6C(=O)C(NC(=O)OC)C6CC6)[nH]c5c4)ccc3c2)[nH]1. The lowest BCUT2D eigenvalue weighted by atomic mass is 10.00. The number of amides is 4. The van der Waals surface area contributed by atoms with E-state index in [2.05, 4.69) is 77.0 Å². The van der Waals surface area contributed by atoms with E-state index in [4.69, 9.17) is 9.72 Å². The summed E-state index contributed by atoms with van der Waals surface area (Å²) in [5.41, 5.74) is 5.33. The minimum absolute atomic E-state index is 0.0922. The number of hydrogen-bond donors (Lipinski definition) is 5. The molecule has 3 aromatic heterocycles. The van der Waals surface area contributed by atoms with Gasteiger partial charge in [-0.2, -0.15) is 0 Å². The van der Waals surface area contributed by atoms with Crippen LogP contribution in [0.3, 0.4) is 0 Å². The van der Waals surface area contributed by atoms with E-state index in [0.717, 1.165) is 89.4 Å². The molecule has 3 fully saturated rings. The highest BCUT2D eigenvalue weighted by Gasteiger charge is 2.43. The molecule has 4 heterocycles. The van der Waals surface area contributed by atoms with Crippen LogP contribution in [0.15, 0.2) is 54.9 Å². The van der Waals surface area contributed by atoms with Crippen LogP contribution < -0.4 is 16.0 Å². The number of methoxy groups -OCH3 is 2. The maximum Gasteiger partial charge on any atom is 0.407 e. The van der Waals surface area contributed by atoms with Gasteiger partial charge < -0.3 is 40.3 Å². The number of unbranched alkanes of at least 4 members (excludes halogenated alkanes) is 1. The van der Waals surface area contributed by atoms with Gasteiger partial charge in [-0.05, 0) is 79.0 Å². The van der Waals surface area contributed by atoms with Gasteiger partial charge in [-0.15, -0.1) is 0 Å². The summed E-state index contributed by atoms with van der Waals surface area (Å²) < 4.78 is 9.24. The summed E-state index contributed by atoms with van der Waals surface area (Å²) in [6.07, 6.45) is 12.8. The maximum atomic E-state index is 13.6. The quantitative estimate of drug-likeness (QED) is 0.0903. The number of benzene rings is 2. The van der Waals surface area contributed by atoms with E-state index in [1.807, 2.05) is 23.4 Å². The van der Waals surface area contributed by atoms with E-state index in [-0.39, 0.29) is 30.3 Å². The summed E-state index contributed by atoms with van der Waals surface area (Å²) >= 11 is 0. The summed E-state index contributed by atoms with van der Waals surface area (Å²) in [7, 11) is 2.56. The van der Waals surface area contributed by atoms with E-state index in [1.54, 1.807) is 0 Å². The van der Waals surface area contributed by atoms with Crippen LogP contribution in [0.4, 0.5) is 9.59 Å². The Morgan fingerprint density at radius 2 is 1.57 bits per heavy atom. The first-order valence-electron chi connectivity index (χ1n) is 19.5. The fourth-order valence-electron chi connectivity index (χ4n) is 6.89. The monoisotopic (exact) mass is 763 g/mol. The molecule has 15 heteroatoms. The largest absolute Gasteiger partial charge is 0.453 e. The van der Waals surface area contributed by atoms with Crippen LogP contribution in [0.5, 0.6) is 0 Å². The minimum Gasteiger partial charge on any atom is -0.453 e. The molecule has 0 radical (unpaired) electrons. The van der Waals surface area contributed by atoms with Gasteiger partial charge in [0, 0.05) is 36.8 Å². The number of H-pyrrole nitrogens is 2. The summed E-state index contributed by atoms with van der Waals surface area (Å²) in [4.78, 5) is 71.2. The van der Waals surface area contributed by atoms with Gasteiger partial charge in [0.05, 0.1) is 44.2 Å². The average molecular weight is 764 g/mol. The van der Waals surface area contributed by atoms with E-state index in [1.165, 1.54) is 33.5 Å². The van der Waals surface area contributed by atoms with Crippen molar-refractivity contribution >= 4 is 45.9 Å². The normalized spacial score (nSPS) is 16.5. The maximum absolute atomic E-state index is 13.6. The molecule has 2 aliphatic carbocycles. The molecule has 3 aliphatic rings. The van der Waals surface area contributed by atoms with E-state index in [0.29, 0.717) is 24.6 Å². The number of pyridine rings is 1. The first kappa shape index (κ1) is 38.3. The van der Waals surface area contributed by atoms with Gasteiger partial charge in [0.1, 0.15) is 17.7 Å². The van der Waals surface area contributed by atoms with Crippen LogP contribution in [0.25, 0.3) is 44.3 Å². The number of nitrogens with one attached hydrogen (secondary N) is 5. The molecule has 2 saturated carbocycles. The Morgan fingerprint density at radius 3 is 2.30 bits per heavy atom. The number of fused-ring (bicyclic) bond motifs is 2. The Bertz CT molecular complexity index is 2190. The third-order valence-corrected chi connectivity index (χ3v) is 10.2. The summed E-state index contributed by atoms with van der Waals surface area (Å²) in [5.74, 6) is 1.36. The van der Waals surface area contributed by atoms with Crippen molar-refractivity contribution in [3.63, 3.8) is 0 Å². The highest BCUT2D eigenvalue weighted by molar-refractivity contribution is 5.91. The van der Waals surface area contributed by atoms with Crippen LogP contribution >= 0.6 is 0 Å². The molecule has 8 rings (SSSR count). The number of carbonyl (C=O) groups excluding carboxylic acids is 4. The van der Waals surface area contributed by atoms with Crippen LogP contribution in [0, 0.1) is 5.92 Å². The second-order valence-electron chi connectivity index (χ2n) is 14.6. The van der Waals surface area contributed by atoms with Crippen molar-refractivity contribution in [1.29, 1.82) is 0 Å². The second-order valence-corrected chi connectivity index (χ2v) is 14.6. The van der Waals surface area contributed by atoms with Crippen molar-refractivity contribution in [3.05, 3.63) is 66.5 Å². The van der Waals surface area contributed by atoms with Crippen LogP contribution in [0.2, 0.25) is 0 Å². The zero-order chi connectivity index (χ0) is 39.0. The Kier molecular flexibility index (Phi) is 12.1. The van der Waals surface area contributed by atoms with Gasteiger partial charge >= 0.3 is 12.2 Å². The summed E-state index contributed by atoms with van der Waals surface area (Å²) in [6, 6.07) is 13.9. The van der Waals surface area contributed by atoms with Gasteiger partial charge in [0.2, 0.25) is 11.8 Å². The molecule has 0 spiro atoms. The van der Waals surface area contributed by atoms with Gasteiger partial charge in [-0.25, -0.2) is 24.5 Å². The van der Waals surface area contributed by atoms with Crippen molar-refractivity contribution in [3.8, 4) is 22.4 Å². The summed E-state index contributed by atoms with van der Waals surface area (Å²) in [5, 5.41) is 10.1. The lowest BCUT2D eigenvalue weighted by molar-refractivity contribution is -0.135. The Hall–Kier alpha value is -5.99. The molecular weight excluding hydrogens is 715 g/mol. The smallest absolute Gasteiger partial charge is 0.407 e. The van der Waals surface area contributed by atoms with Gasteiger partial charge in [0.25, 0.3) is 0 Å². The molecule has 5 N–H and O–H groups in total. The molecule has 56 heavy (non-hydrogen) atoms. The van der Waals surface area contributed by atoms with Crippen LogP contribution in [-0.4, -0.2) is 93.7 Å². The van der Waals surface area contributed by atoms with Crippen molar-refractivity contribution in [2.45, 2.75) is 76.3 Å². The average Bonchev–Trinajstić information content (AvgIpc) is 4.14. The first-order valence-corrected chi connectivity index (χ1v) is 19.5. The molecule has 15 nitrogen and oxygen atoms in total. The number of alkyl carbamates (subject to hydrolysis) is 2. The Labute approximate surface area is 324 Å². The predicted octanol–water partition coefficient (Wildman–Crippen LogP) is 5.93. The third-order valence-electron chi connectivity index (χ3n) is 10.2. The number of aromatic nitrogens is 5. The van der Waals surface area contributed by atoms with Crippen LogP contribution in [0.1, 0.15) is 75.5 Å². The zero-order valence-corrected chi connectivity index (χ0v) is 31.9. The highest BCUT2D eigenvalue weighted by Crippen LogP contribution is 2.38. The molecular formula is C41H49N9O6. The molecule has 0 bridgehead atoms. The number of rotatable bonds is 13. The standard InChI is InChI=1S/C38H43N9O6.C3H6/c1-52-37(50)42-21-32(48)39-14-4-3-7-31-40-20-29(43-31)26-13-12-23-16-25(11-10-24(23)17-26)27-18-28-34(41-19-27)46-35(44-28)30-6-5-15-47(30)36(49)33(22-8-9-22)45-38(51)53-2;1-2-3-1/h10-13,16-20,22,30,33H,3-9,14-15,21H2,1-2H3,(H,39,48)(H,40,43)(H,42,50)(H,45,51)(H,41,44,46);1-3H2. The molecule has 2 atom stereocenters. The van der Waals surface area contributed by atoms with Gasteiger partial charge in [0.15, 0.2) is 5.65 Å². The number of ether oxygens (including phenoxy) is 2. The second kappa shape index (κ2) is 17.6. The highest BCUT2D eigenvalue weighted by atomic mass is 16.5. The molecule has 2 aromatic carbocycles. The molecule has 1 saturated heterocycles. The van der Waals surface area contributed by atoms with Crippen molar-refractivity contribution in [2.75, 3.05) is 33.9 Å². The number of hydrogen-bond acceptors (Lipinski definition) is 9. The van der Waals surface area contributed by atoms with Crippen molar-refractivity contribution in [1.82, 2.24) is 45.8 Å². The fraction of sp³-hybridized carbons (Fsp3) is 0.439. The first-order chi connectivity index (χ1) is 27.3. The van der Waals surface area contributed by atoms with E-state index >= 15 is 0 Å². The molecule has 5 aromatic rings. The van der Waals surface area contributed by atoms with Crippen molar-refractivity contribution < 1.29 is 28.7 Å².